The standard InChI is InChI=1S/C4H8.C2H4N4/c1-3-4-2;1-2-3-5-6-4-2/h3-4H,1-2H3;2H,1H3/b4-3-;. The Morgan fingerprint density at radius 3 is 1.50 bits per heavy atom. The van der Waals surface area contributed by atoms with Crippen molar-refractivity contribution in [3.63, 3.8) is 0 Å². The maximum atomic E-state index is 3.53. The number of hydrogen-bond acceptors (Lipinski definition) is 4. The average molecular weight is 140 g/mol. The van der Waals surface area contributed by atoms with Gasteiger partial charge >= 0.3 is 0 Å². The van der Waals surface area contributed by atoms with Gasteiger partial charge in [0.05, 0.1) is 0 Å². The van der Waals surface area contributed by atoms with Crippen molar-refractivity contribution in [3.8, 4) is 0 Å². The largest absolute Gasteiger partial charge is 0.182 e. The van der Waals surface area contributed by atoms with Gasteiger partial charge in [0.2, 0.25) is 0 Å². The molecular weight excluding hydrogens is 128 g/mol. The predicted octanol–water partition coefficient (Wildman–Crippen LogP) is 2.75. The van der Waals surface area contributed by atoms with Gasteiger partial charge in [-0.15, -0.1) is 10.2 Å². The van der Waals surface area contributed by atoms with Gasteiger partial charge in [0.1, 0.15) is 0 Å². The first-order valence-corrected chi connectivity index (χ1v) is 3.18. The molecule has 0 aromatic carbocycles. The average Bonchev–Trinajstić information content (AvgIpc) is 2.40. The molecule has 1 aliphatic heterocycles. The first kappa shape index (κ1) is 8.94. The van der Waals surface area contributed by atoms with Gasteiger partial charge in [-0.2, -0.15) is 0 Å². The van der Waals surface area contributed by atoms with Crippen LogP contribution in [-0.4, -0.2) is 6.17 Å². The van der Waals surface area contributed by atoms with E-state index in [1.165, 1.54) is 0 Å². The topological polar surface area (TPSA) is 49.4 Å². The quantitative estimate of drug-likeness (QED) is 0.464. The summed E-state index contributed by atoms with van der Waals surface area (Å²) in [5.41, 5.74) is 0. The van der Waals surface area contributed by atoms with E-state index < -0.39 is 0 Å². The molecule has 0 saturated carbocycles. The predicted molar refractivity (Wildman–Crippen MR) is 39.7 cm³/mol. The minimum absolute atomic E-state index is 0.0370. The van der Waals surface area contributed by atoms with Crippen LogP contribution in [-0.2, 0) is 0 Å². The molecule has 0 unspecified atom stereocenters. The van der Waals surface area contributed by atoms with E-state index in [0.29, 0.717) is 0 Å². The molecule has 4 nitrogen and oxygen atoms in total. The molecule has 0 aliphatic carbocycles. The molecule has 0 radical (unpaired) electrons. The Balaban J connectivity index is 0.000000180. The minimum atomic E-state index is -0.0370. The number of rotatable bonds is 0. The molecule has 0 aromatic rings. The Kier molecular flexibility index (Phi) is 5.42. The van der Waals surface area contributed by atoms with Crippen LogP contribution < -0.4 is 0 Å². The highest BCUT2D eigenvalue weighted by Crippen LogP contribution is 2.00. The Hall–Kier alpha value is -1.06. The SMILES string of the molecule is C/C=C\C.CC1N=NN=N1. The van der Waals surface area contributed by atoms with Gasteiger partial charge in [0.15, 0.2) is 6.17 Å². The molecule has 0 amide bonds. The molecule has 1 aliphatic rings. The lowest BCUT2D eigenvalue weighted by Gasteiger charge is -1.77. The zero-order chi connectivity index (χ0) is 7.82. The summed E-state index contributed by atoms with van der Waals surface area (Å²) in [6.07, 6.45) is 3.96. The van der Waals surface area contributed by atoms with Crippen molar-refractivity contribution >= 4 is 0 Å². The molecule has 0 aromatic heterocycles. The third kappa shape index (κ3) is 5.08. The second-order valence-corrected chi connectivity index (χ2v) is 1.71. The summed E-state index contributed by atoms with van der Waals surface area (Å²) in [6, 6.07) is 0. The summed E-state index contributed by atoms with van der Waals surface area (Å²) < 4.78 is 0. The number of nitrogens with zero attached hydrogens (tertiary/aromatic N) is 4. The first-order chi connectivity index (χ1) is 4.81. The highest BCUT2D eigenvalue weighted by atomic mass is 15.5. The van der Waals surface area contributed by atoms with Crippen LogP contribution in [0.2, 0.25) is 0 Å². The van der Waals surface area contributed by atoms with E-state index in [-0.39, 0.29) is 6.17 Å². The van der Waals surface area contributed by atoms with Crippen molar-refractivity contribution in [2.45, 2.75) is 26.9 Å². The minimum Gasteiger partial charge on any atom is -0.138 e. The zero-order valence-corrected chi connectivity index (χ0v) is 6.52. The normalized spacial score (nSPS) is 15.9. The lowest BCUT2D eigenvalue weighted by atomic mass is 10.6. The summed E-state index contributed by atoms with van der Waals surface area (Å²) in [5.74, 6) is 0. The van der Waals surface area contributed by atoms with Crippen LogP contribution in [0.3, 0.4) is 0 Å². The lowest BCUT2D eigenvalue weighted by Crippen LogP contribution is -1.81. The van der Waals surface area contributed by atoms with Crippen molar-refractivity contribution in [3.05, 3.63) is 12.2 Å². The molecule has 0 spiro atoms. The third-order valence-electron chi connectivity index (χ3n) is 0.811. The van der Waals surface area contributed by atoms with E-state index in [4.69, 9.17) is 0 Å². The van der Waals surface area contributed by atoms with Crippen molar-refractivity contribution in [1.29, 1.82) is 0 Å². The van der Waals surface area contributed by atoms with E-state index in [1.54, 1.807) is 0 Å². The van der Waals surface area contributed by atoms with Crippen molar-refractivity contribution < 1.29 is 0 Å². The monoisotopic (exact) mass is 140 g/mol. The Morgan fingerprint density at radius 1 is 1.00 bits per heavy atom. The Bertz CT molecular complexity index is 132. The Labute approximate surface area is 60.7 Å². The maximum Gasteiger partial charge on any atom is 0.182 e. The summed E-state index contributed by atoms with van der Waals surface area (Å²) in [4.78, 5) is 0. The summed E-state index contributed by atoms with van der Waals surface area (Å²) >= 11 is 0. The molecule has 0 bridgehead atoms. The van der Waals surface area contributed by atoms with Crippen molar-refractivity contribution in [2.24, 2.45) is 20.7 Å². The van der Waals surface area contributed by atoms with Crippen LogP contribution in [0.25, 0.3) is 0 Å². The van der Waals surface area contributed by atoms with E-state index in [9.17, 15) is 0 Å². The van der Waals surface area contributed by atoms with Gasteiger partial charge in [0.25, 0.3) is 0 Å². The zero-order valence-electron chi connectivity index (χ0n) is 6.52. The molecule has 1 heterocycles. The van der Waals surface area contributed by atoms with E-state index in [2.05, 4.69) is 20.7 Å². The lowest BCUT2D eigenvalue weighted by molar-refractivity contribution is 0.781. The molecule has 10 heavy (non-hydrogen) atoms. The van der Waals surface area contributed by atoms with Gasteiger partial charge < -0.3 is 0 Å². The van der Waals surface area contributed by atoms with Crippen LogP contribution in [0, 0.1) is 0 Å². The molecule has 0 N–H and O–H groups in total. The summed E-state index contributed by atoms with van der Waals surface area (Å²) in [7, 11) is 0. The molecular formula is C6H12N4. The van der Waals surface area contributed by atoms with Crippen molar-refractivity contribution in [1.82, 2.24) is 0 Å². The number of allylic oxidation sites excluding steroid dienone is 2. The van der Waals surface area contributed by atoms with Gasteiger partial charge in [-0.05, 0) is 31.2 Å². The van der Waals surface area contributed by atoms with Crippen LogP contribution in [0.1, 0.15) is 20.8 Å². The van der Waals surface area contributed by atoms with E-state index >= 15 is 0 Å². The molecule has 0 saturated heterocycles. The van der Waals surface area contributed by atoms with Gasteiger partial charge in [0, 0.05) is 0 Å². The van der Waals surface area contributed by atoms with Crippen LogP contribution in [0.5, 0.6) is 0 Å². The second kappa shape index (κ2) is 6.07. The molecule has 1 rings (SSSR count). The highest BCUT2D eigenvalue weighted by molar-refractivity contribution is 4.68. The smallest absolute Gasteiger partial charge is 0.138 e. The van der Waals surface area contributed by atoms with Crippen LogP contribution in [0.15, 0.2) is 32.8 Å². The molecule has 0 fully saturated rings. The molecule has 56 valence electrons. The fraction of sp³-hybridized carbons (Fsp3) is 0.667. The molecule has 4 heteroatoms. The Morgan fingerprint density at radius 2 is 1.40 bits per heavy atom. The van der Waals surface area contributed by atoms with Crippen LogP contribution in [0.4, 0.5) is 0 Å². The second-order valence-electron chi connectivity index (χ2n) is 1.71. The van der Waals surface area contributed by atoms with Crippen molar-refractivity contribution in [2.75, 3.05) is 0 Å². The molecule has 0 atom stereocenters. The maximum absolute atomic E-state index is 3.53. The summed E-state index contributed by atoms with van der Waals surface area (Å²) in [5, 5.41) is 13.6. The van der Waals surface area contributed by atoms with Gasteiger partial charge in [-0.1, -0.05) is 12.2 Å². The van der Waals surface area contributed by atoms with Crippen LogP contribution >= 0.6 is 0 Å². The fourth-order valence-electron chi connectivity index (χ4n) is 0.219. The summed E-state index contributed by atoms with van der Waals surface area (Å²) in [6.45, 7) is 5.82. The van der Waals surface area contributed by atoms with E-state index in [0.717, 1.165) is 0 Å². The highest BCUT2D eigenvalue weighted by Gasteiger charge is 1.96. The first-order valence-electron chi connectivity index (χ1n) is 3.18. The number of hydrogen-bond donors (Lipinski definition) is 0. The fourth-order valence-corrected chi connectivity index (χ4v) is 0.219. The van der Waals surface area contributed by atoms with Gasteiger partial charge in [-0.25, -0.2) is 0 Å². The third-order valence-corrected chi connectivity index (χ3v) is 0.811. The van der Waals surface area contributed by atoms with Gasteiger partial charge in [-0.3, -0.25) is 0 Å². The van der Waals surface area contributed by atoms with E-state index in [1.807, 2.05) is 32.9 Å².